The zero-order valence-corrected chi connectivity index (χ0v) is 9.87. The molecule has 3 amide bonds. The number of hydrazine groups is 1. The van der Waals surface area contributed by atoms with E-state index in [1.54, 1.807) is 0 Å². The first-order valence-electron chi connectivity index (χ1n) is 4.53. The van der Waals surface area contributed by atoms with Gasteiger partial charge < -0.3 is 10.4 Å². The highest BCUT2D eigenvalue weighted by molar-refractivity contribution is 8.00. The van der Waals surface area contributed by atoms with Gasteiger partial charge in [-0.25, -0.2) is 4.79 Å². The second-order valence-corrected chi connectivity index (χ2v) is 3.95. The number of hydrogen-bond acceptors (Lipinski definition) is 5. The molecule has 0 spiro atoms. The van der Waals surface area contributed by atoms with Crippen molar-refractivity contribution in [3.63, 3.8) is 0 Å². The number of aliphatic carboxylic acids is 1. The molecule has 0 bridgehead atoms. The molecule has 0 fully saturated rings. The summed E-state index contributed by atoms with van der Waals surface area (Å²) in [6.07, 6.45) is 0.288. The van der Waals surface area contributed by atoms with E-state index in [0.717, 1.165) is 11.8 Å². The number of carboxylic acids is 1. The molecule has 96 valence electrons. The largest absolute Gasteiger partial charge is 0.480 e. The van der Waals surface area contributed by atoms with Gasteiger partial charge in [0, 0.05) is 12.7 Å². The minimum Gasteiger partial charge on any atom is -0.480 e. The third-order valence-corrected chi connectivity index (χ3v) is 2.50. The van der Waals surface area contributed by atoms with Crippen LogP contribution in [0.25, 0.3) is 0 Å². The maximum Gasteiger partial charge on any atom is 0.327 e. The lowest BCUT2D eigenvalue weighted by molar-refractivity contribution is -0.139. The molecular weight excluding hydrogens is 250 g/mol. The Morgan fingerprint density at radius 2 is 2.00 bits per heavy atom. The van der Waals surface area contributed by atoms with E-state index in [1.165, 1.54) is 6.92 Å². The number of nitrogens with one attached hydrogen (secondary N) is 3. The Morgan fingerprint density at radius 3 is 2.47 bits per heavy atom. The summed E-state index contributed by atoms with van der Waals surface area (Å²) < 4.78 is 0. The van der Waals surface area contributed by atoms with E-state index >= 15 is 0 Å². The molecule has 0 aliphatic carbocycles. The Kier molecular flexibility index (Phi) is 7.52. The van der Waals surface area contributed by atoms with Crippen molar-refractivity contribution in [3.8, 4) is 0 Å². The Hall–Kier alpha value is -1.77. The van der Waals surface area contributed by atoms with Crippen molar-refractivity contribution < 1.29 is 24.3 Å². The van der Waals surface area contributed by atoms with Gasteiger partial charge in [-0.3, -0.25) is 25.2 Å². The number of hydrogen-bond donors (Lipinski definition) is 4. The van der Waals surface area contributed by atoms with E-state index in [0.29, 0.717) is 0 Å². The quantitative estimate of drug-likeness (QED) is 0.314. The summed E-state index contributed by atoms with van der Waals surface area (Å²) in [5.74, 6) is -2.01. The van der Waals surface area contributed by atoms with Crippen molar-refractivity contribution in [3.05, 3.63) is 0 Å². The minimum absolute atomic E-state index is 0.0232. The number of amides is 3. The van der Waals surface area contributed by atoms with Gasteiger partial charge in [0.1, 0.15) is 6.04 Å². The van der Waals surface area contributed by atoms with E-state index in [9.17, 15) is 19.2 Å². The van der Waals surface area contributed by atoms with Crippen LogP contribution >= 0.6 is 11.8 Å². The molecule has 0 saturated heterocycles. The van der Waals surface area contributed by atoms with Gasteiger partial charge >= 0.3 is 5.97 Å². The van der Waals surface area contributed by atoms with Gasteiger partial charge in [-0.1, -0.05) is 0 Å². The second kappa shape index (κ2) is 8.39. The summed E-state index contributed by atoms with van der Waals surface area (Å²) in [7, 11) is 0. The molecule has 0 aliphatic rings. The lowest BCUT2D eigenvalue weighted by atomic mass is 10.3. The molecule has 1 atom stereocenters. The average Bonchev–Trinajstić information content (AvgIpc) is 2.25. The topological polar surface area (TPSA) is 125 Å². The van der Waals surface area contributed by atoms with Gasteiger partial charge in [0.05, 0.1) is 5.75 Å². The second-order valence-electron chi connectivity index (χ2n) is 2.92. The highest BCUT2D eigenvalue weighted by Gasteiger charge is 2.16. The van der Waals surface area contributed by atoms with E-state index < -0.39 is 23.8 Å². The molecule has 0 rings (SSSR count). The van der Waals surface area contributed by atoms with Gasteiger partial charge in [-0.15, -0.1) is 11.8 Å². The molecule has 1 unspecified atom stereocenters. The predicted octanol–water partition coefficient (Wildman–Crippen LogP) is -1.91. The summed E-state index contributed by atoms with van der Waals surface area (Å²) in [6, 6.07) is -1.04. The van der Waals surface area contributed by atoms with Gasteiger partial charge in [-0.05, 0) is 0 Å². The van der Waals surface area contributed by atoms with E-state index in [2.05, 4.69) is 16.2 Å². The van der Waals surface area contributed by atoms with Crippen molar-refractivity contribution in [1.29, 1.82) is 0 Å². The summed E-state index contributed by atoms with van der Waals surface area (Å²) in [4.78, 5) is 42.2. The third kappa shape index (κ3) is 8.08. The molecule has 8 nitrogen and oxygen atoms in total. The maximum absolute atomic E-state index is 11.1. The van der Waals surface area contributed by atoms with Crippen LogP contribution in [0.5, 0.6) is 0 Å². The normalized spacial score (nSPS) is 11.1. The number of carbonyl (C=O) groups excluding carboxylic acids is 3. The Morgan fingerprint density at radius 1 is 1.35 bits per heavy atom. The number of carboxylic acid groups (broad SMARTS) is 1. The van der Waals surface area contributed by atoms with Gasteiger partial charge in [-0.2, -0.15) is 0 Å². The Labute approximate surface area is 101 Å². The molecule has 9 heteroatoms. The smallest absolute Gasteiger partial charge is 0.327 e. The van der Waals surface area contributed by atoms with Crippen LogP contribution in [0.2, 0.25) is 0 Å². The molecular formula is C8H13N3O5S. The zero-order chi connectivity index (χ0) is 13.3. The SMILES string of the molecule is CC(=O)NNC(=O)CSCC(NC=O)C(=O)O. The van der Waals surface area contributed by atoms with Crippen molar-refractivity contribution in [2.24, 2.45) is 0 Å². The summed E-state index contributed by atoms with van der Waals surface area (Å²) >= 11 is 1.02. The van der Waals surface area contributed by atoms with Crippen LogP contribution in [0.15, 0.2) is 0 Å². The molecule has 0 aromatic rings. The fourth-order valence-corrected chi connectivity index (χ4v) is 1.59. The van der Waals surface area contributed by atoms with Crippen LogP contribution in [-0.4, -0.2) is 46.8 Å². The van der Waals surface area contributed by atoms with Crippen LogP contribution in [0, 0.1) is 0 Å². The van der Waals surface area contributed by atoms with E-state index in [-0.39, 0.29) is 17.9 Å². The first-order valence-corrected chi connectivity index (χ1v) is 5.68. The summed E-state index contributed by atoms with van der Waals surface area (Å²) in [5, 5.41) is 10.8. The van der Waals surface area contributed by atoms with Gasteiger partial charge in [0.25, 0.3) is 0 Å². The lowest BCUT2D eigenvalue weighted by Gasteiger charge is -2.10. The molecule has 4 N–H and O–H groups in total. The number of rotatable bonds is 7. The van der Waals surface area contributed by atoms with Crippen LogP contribution in [0.3, 0.4) is 0 Å². The van der Waals surface area contributed by atoms with Gasteiger partial charge in [0.2, 0.25) is 18.2 Å². The van der Waals surface area contributed by atoms with Crippen molar-refractivity contribution in [2.75, 3.05) is 11.5 Å². The molecule has 0 heterocycles. The van der Waals surface area contributed by atoms with Crippen molar-refractivity contribution in [2.45, 2.75) is 13.0 Å². The molecule has 0 saturated carbocycles. The molecule has 0 aliphatic heterocycles. The van der Waals surface area contributed by atoms with Gasteiger partial charge in [0.15, 0.2) is 0 Å². The fraction of sp³-hybridized carbons (Fsp3) is 0.500. The standard InChI is InChI=1S/C8H13N3O5S/c1-5(13)10-11-7(14)3-17-2-6(8(15)16)9-4-12/h4,6H,2-3H2,1H3,(H,9,12)(H,10,13)(H,11,14)(H,15,16). The highest BCUT2D eigenvalue weighted by atomic mass is 32.2. The lowest BCUT2D eigenvalue weighted by Crippen LogP contribution is -2.42. The van der Waals surface area contributed by atoms with Crippen molar-refractivity contribution in [1.82, 2.24) is 16.2 Å². The Bertz CT molecular complexity index is 310. The minimum atomic E-state index is -1.17. The predicted molar refractivity (Wildman–Crippen MR) is 59.9 cm³/mol. The number of thioether (sulfide) groups is 1. The van der Waals surface area contributed by atoms with Crippen LogP contribution < -0.4 is 16.2 Å². The zero-order valence-electron chi connectivity index (χ0n) is 9.06. The highest BCUT2D eigenvalue weighted by Crippen LogP contribution is 2.02. The Balaban J connectivity index is 3.80. The number of carbonyl (C=O) groups is 4. The van der Waals surface area contributed by atoms with Crippen molar-refractivity contribution >= 4 is 36.0 Å². The average molecular weight is 263 g/mol. The molecule has 17 heavy (non-hydrogen) atoms. The monoisotopic (exact) mass is 263 g/mol. The molecule has 0 aromatic carbocycles. The van der Waals surface area contributed by atoms with E-state index in [1.807, 2.05) is 0 Å². The van der Waals surface area contributed by atoms with Crippen LogP contribution in [0.1, 0.15) is 6.92 Å². The van der Waals surface area contributed by atoms with E-state index in [4.69, 9.17) is 5.11 Å². The third-order valence-electron chi connectivity index (χ3n) is 1.46. The summed E-state index contributed by atoms with van der Waals surface area (Å²) in [5.41, 5.74) is 4.21. The first kappa shape index (κ1) is 15.2. The molecule has 0 radical (unpaired) electrons. The first-order chi connectivity index (χ1) is 7.97. The van der Waals surface area contributed by atoms with Crippen LogP contribution in [0.4, 0.5) is 0 Å². The fourth-order valence-electron chi connectivity index (χ4n) is 0.736. The van der Waals surface area contributed by atoms with Crippen LogP contribution in [-0.2, 0) is 19.2 Å². The molecule has 0 aromatic heterocycles. The summed E-state index contributed by atoms with van der Waals surface area (Å²) in [6.45, 7) is 1.24. The maximum atomic E-state index is 11.1.